The average Bonchev–Trinajstić information content (AvgIpc) is 2.83. The van der Waals surface area contributed by atoms with E-state index in [4.69, 9.17) is 14.6 Å². The lowest BCUT2D eigenvalue weighted by Gasteiger charge is -2.28. The van der Waals surface area contributed by atoms with Crippen LogP contribution < -0.4 is 0 Å². The van der Waals surface area contributed by atoms with Crippen molar-refractivity contribution in [1.29, 1.82) is 0 Å². The van der Waals surface area contributed by atoms with Crippen molar-refractivity contribution in [2.45, 2.75) is 38.2 Å². The molecule has 2 heterocycles. The van der Waals surface area contributed by atoms with Gasteiger partial charge in [0.25, 0.3) is 0 Å². The van der Waals surface area contributed by atoms with Crippen LogP contribution in [0.25, 0.3) is 0 Å². The maximum atomic E-state index is 11.9. The molecule has 0 aromatic heterocycles. The van der Waals surface area contributed by atoms with Crippen molar-refractivity contribution in [2.75, 3.05) is 13.2 Å². The van der Waals surface area contributed by atoms with E-state index in [1.54, 1.807) is 6.92 Å². The van der Waals surface area contributed by atoms with E-state index < -0.39 is 31.0 Å². The number of carbonyl (C=O) groups excluding carboxylic acids is 2. The summed E-state index contributed by atoms with van der Waals surface area (Å²) in [4.78, 5) is 35.2. The van der Waals surface area contributed by atoms with Crippen LogP contribution in [-0.2, 0) is 23.9 Å². The fourth-order valence-electron chi connectivity index (χ4n) is 2.35. The van der Waals surface area contributed by atoms with Gasteiger partial charge < -0.3 is 19.7 Å². The number of rotatable bonds is 5. The molecular formula is C13H17NO7. The Morgan fingerprint density at radius 2 is 2.24 bits per heavy atom. The van der Waals surface area contributed by atoms with Crippen molar-refractivity contribution in [3.05, 3.63) is 11.8 Å². The van der Waals surface area contributed by atoms with Crippen LogP contribution in [0, 0.1) is 0 Å². The summed E-state index contributed by atoms with van der Waals surface area (Å²) in [7, 11) is 0. The number of carboxylic acid groups (broad SMARTS) is 1. The molecule has 116 valence electrons. The number of amides is 1. The lowest BCUT2D eigenvalue weighted by molar-refractivity contribution is -0.147. The molecule has 21 heavy (non-hydrogen) atoms. The van der Waals surface area contributed by atoms with E-state index in [0.29, 0.717) is 5.57 Å². The standard InChI is InChI=1S/C13H17NO7/c1-7-4-14(11(17)2-8(7)16)12-3-9(10(5-15)21-12)20-6-13(18)19/h4,9-10,12,15H,2-3,5-6H2,1H3,(H,18,19). The highest BCUT2D eigenvalue weighted by atomic mass is 16.6. The Labute approximate surface area is 120 Å². The predicted octanol–water partition coefficient (Wildman–Crippen LogP) is -0.731. The van der Waals surface area contributed by atoms with Gasteiger partial charge in [-0.3, -0.25) is 14.5 Å². The SMILES string of the molecule is CC1=CN(C2CC(OCC(=O)O)C(CO)O2)C(=O)CC1=O. The Bertz CT molecular complexity index is 487. The Morgan fingerprint density at radius 3 is 2.86 bits per heavy atom. The van der Waals surface area contributed by atoms with E-state index in [1.807, 2.05) is 0 Å². The lowest BCUT2D eigenvalue weighted by Crippen LogP contribution is -2.40. The summed E-state index contributed by atoms with van der Waals surface area (Å²) in [5.41, 5.74) is 0.452. The summed E-state index contributed by atoms with van der Waals surface area (Å²) in [6, 6.07) is 0. The smallest absolute Gasteiger partial charge is 0.329 e. The number of hydrogen-bond donors (Lipinski definition) is 2. The molecule has 0 spiro atoms. The van der Waals surface area contributed by atoms with E-state index in [2.05, 4.69) is 0 Å². The molecule has 1 saturated heterocycles. The highest BCUT2D eigenvalue weighted by Crippen LogP contribution is 2.28. The molecule has 3 unspecified atom stereocenters. The lowest BCUT2D eigenvalue weighted by atomic mass is 10.1. The van der Waals surface area contributed by atoms with Gasteiger partial charge in [-0.25, -0.2) is 4.79 Å². The van der Waals surface area contributed by atoms with Gasteiger partial charge in [0.2, 0.25) is 5.91 Å². The quantitative estimate of drug-likeness (QED) is 0.643. The number of ketones is 1. The van der Waals surface area contributed by atoms with E-state index in [1.165, 1.54) is 11.1 Å². The molecule has 8 heteroatoms. The first-order valence-electron chi connectivity index (χ1n) is 6.55. The summed E-state index contributed by atoms with van der Waals surface area (Å²) in [6.45, 7) is 0.766. The van der Waals surface area contributed by atoms with Crippen LogP contribution in [0.2, 0.25) is 0 Å². The highest BCUT2D eigenvalue weighted by Gasteiger charge is 2.41. The second kappa shape index (κ2) is 6.33. The summed E-state index contributed by atoms with van der Waals surface area (Å²) < 4.78 is 10.7. The maximum Gasteiger partial charge on any atom is 0.329 e. The first kappa shape index (κ1) is 15.6. The number of Topliss-reactive ketones (excluding diaryl/α,β-unsaturated/α-hetero) is 1. The molecule has 2 N–H and O–H groups in total. The van der Waals surface area contributed by atoms with Crippen LogP contribution >= 0.6 is 0 Å². The molecule has 0 aromatic carbocycles. The van der Waals surface area contributed by atoms with Gasteiger partial charge in [0, 0.05) is 18.2 Å². The van der Waals surface area contributed by atoms with Gasteiger partial charge in [-0.05, 0) is 6.92 Å². The number of ether oxygens (including phenoxy) is 2. The monoisotopic (exact) mass is 299 g/mol. The Balaban J connectivity index is 2.06. The minimum atomic E-state index is -1.12. The number of aliphatic hydroxyl groups excluding tert-OH is 1. The maximum absolute atomic E-state index is 11.9. The summed E-state index contributed by atoms with van der Waals surface area (Å²) in [6.07, 6.45) is -0.540. The first-order valence-corrected chi connectivity index (χ1v) is 6.55. The predicted molar refractivity (Wildman–Crippen MR) is 68.0 cm³/mol. The molecule has 2 aliphatic heterocycles. The van der Waals surface area contributed by atoms with Crippen LogP contribution in [0.15, 0.2) is 11.8 Å². The molecular weight excluding hydrogens is 282 g/mol. The van der Waals surface area contributed by atoms with E-state index in [-0.39, 0.29) is 31.1 Å². The molecule has 1 fully saturated rings. The third-order valence-corrected chi connectivity index (χ3v) is 3.46. The third-order valence-electron chi connectivity index (χ3n) is 3.46. The van der Waals surface area contributed by atoms with Crippen molar-refractivity contribution >= 4 is 17.7 Å². The molecule has 2 rings (SSSR count). The fraction of sp³-hybridized carbons (Fsp3) is 0.615. The molecule has 3 atom stereocenters. The molecule has 0 radical (unpaired) electrons. The van der Waals surface area contributed by atoms with Crippen molar-refractivity contribution < 1.29 is 34.1 Å². The zero-order valence-electron chi connectivity index (χ0n) is 11.5. The number of aliphatic hydroxyl groups is 1. The Hall–Kier alpha value is -1.77. The third kappa shape index (κ3) is 3.46. The van der Waals surface area contributed by atoms with Crippen molar-refractivity contribution in [2.24, 2.45) is 0 Å². The zero-order chi connectivity index (χ0) is 15.6. The second-order valence-electron chi connectivity index (χ2n) is 5.00. The molecule has 0 saturated carbocycles. The number of hydrogen-bond acceptors (Lipinski definition) is 6. The number of carboxylic acids is 1. The fourth-order valence-corrected chi connectivity index (χ4v) is 2.35. The van der Waals surface area contributed by atoms with Crippen LogP contribution in [-0.4, -0.2) is 64.4 Å². The summed E-state index contributed by atoms with van der Waals surface area (Å²) >= 11 is 0. The van der Waals surface area contributed by atoms with Crippen molar-refractivity contribution in [3.63, 3.8) is 0 Å². The first-order chi connectivity index (χ1) is 9.92. The van der Waals surface area contributed by atoms with E-state index in [0.717, 1.165) is 0 Å². The largest absolute Gasteiger partial charge is 0.480 e. The van der Waals surface area contributed by atoms with Crippen LogP contribution in [0.4, 0.5) is 0 Å². The number of aliphatic carboxylic acids is 1. The Morgan fingerprint density at radius 1 is 1.52 bits per heavy atom. The molecule has 0 aliphatic carbocycles. The van der Waals surface area contributed by atoms with Gasteiger partial charge in [0.15, 0.2) is 5.78 Å². The number of carbonyl (C=O) groups is 3. The summed E-state index contributed by atoms with van der Waals surface area (Å²) in [5, 5.41) is 17.9. The second-order valence-corrected chi connectivity index (χ2v) is 5.00. The molecule has 0 aromatic rings. The normalized spacial score (nSPS) is 29.7. The van der Waals surface area contributed by atoms with Gasteiger partial charge in [-0.2, -0.15) is 0 Å². The van der Waals surface area contributed by atoms with Crippen molar-refractivity contribution in [1.82, 2.24) is 4.90 Å². The number of nitrogens with zero attached hydrogens (tertiary/aromatic N) is 1. The van der Waals surface area contributed by atoms with Crippen molar-refractivity contribution in [3.8, 4) is 0 Å². The van der Waals surface area contributed by atoms with Crippen LogP contribution in [0.1, 0.15) is 19.8 Å². The minimum absolute atomic E-state index is 0.216. The zero-order valence-corrected chi connectivity index (χ0v) is 11.5. The molecule has 1 amide bonds. The van der Waals surface area contributed by atoms with Gasteiger partial charge in [0.1, 0.15) is 18.9 Å². The molecule has 8 nitrogen and oxygen atoms in total. The average molecular weight is 299 g/mol. The van der Waals surface area contributed by atoms with E-state index >= 15 is 0 Å². The minimum Gasteiger partial charge on any atom is -0.480 e. The van der Waals surface area contributed by atoms with Gasteiger partial charge in [-0.1, -0.05) is 0 Å². The van der Waals surface area contributed by atoms with E-state index in [9.17, 15) is 19.5 Å². The molecule has 0 bridgehead atoms. The summed E-state index contributed by atoms with van der Waals surface area (Å²) in [5.74, 6) is -1.73. The Kier molecular flexibility index (Phi) is 4.71. The van der Waals surface area contributed by atoms with Gasteiger partial charge in [-0.15, -0.1) is 0 Å². The molecule has 2 aliphatic rings. The topological polar surface area (TPSA) is 113 Å². The van der Waals surface area contributed by atoms with Gasteiger partial charge >= 0.3 is 5.97 Å². The number of allylic oxidation sites excluding steroid dienone is 1. The van der Waals surface area contributed by atoms with Crippen LogP contribution in [0.5, 0.6) is 0 Å². The van der Waals surface area contributed by atoms with Gasteiger partial charge in [0.05, 0.1) is 19.1 Å². The van der Waals surface area contributed by atoms with Crippen LogP contribution in [0.3, 0.4) is 0 Å². The highest BCUT2D eigenvalue weighted by molar-refractivity contribution is 6.09.